The number of benzene rings is 1. The molecule has 94 valence electrons. The van der Waals surface area contributed by atoms with Gasteiger partial charge in [-0.3, -0.25) is 9.78 Å². The summed E-state index contributed by atoms with van der Waals surface area (Å²) in [6, 6.07) is 5.68. The van der Waals surface area contributed by atoms with Gasteiger partial charge in [-0.1, -0.05) is 17.7 Å². The van der Waals surface area contributed by atoms with E-state index >= 15 is 0 Å². The van der Waals surface area contributed by atoms with E-state index in [4.69, 9.17) is 16.7 Å². The summed E-state index contributed by atoms with van der Waals surface area (Å²) in [6.45, 7) is 3.89. The number of hydrogen-bond donors (Lipinski definition) is 1. The van der Waals surface area contributed by atoms with E-state index in [-0.39, 0.29) is 6.42 Å². The Hall–Kier alpha value is -1.61. The molecule has 1 aromatic heterocycles. The Kier molecular flexibility index (Phi) is 3.53. The second-order valence-electron chi connectivity index (χ2n) is 4.40. The van der Waals surface area contributed by atoms with Crippen LogP contribution in [-0.4, -0.2) is 16.1 Å². The summed E-state index contributed by atoms with van der Waals surface area (Å²) < 4.78 is 0. The van der Waals surface area contributed by atoms with Crippen molar-refractivity contribution in [3.63, 3.8) is 0 Å². The summed E-state index contributed by atoms with van der Waals surface area (Å²) in [5.74, 6) is -0.804. The van der Waals surface area contributed by atoms with Crippen LogP contribution in [0.25, 0.3) is 10.9 Å². The fraction of sp³-hybridized carbons (Fsp3) is 0.286. The first kappa shape index (κ1) is 12.8. The number of carboxylic acid groups (broad SMARTS) is 1. The number of rotatable bonds is 3. The molecule has 2 aromatic rings. The molecule has 0 amide bonds. The number of pyridine rings is 1. The summed E-state index contributed by atoms with van der Waals surface area (Å²) in [7, 11) is 0. The van der Waals surface area contributed by atoms with Gasteiger partial charge < -0.3 is 5.11 Å². The van der Waals surface area contributed by atoms with Crippen molar-refractivity contribution in [2.45, 2.75) is 26.7 Å². The van der Waals surface area contributed by atoms with Gasteiger partial charge in [0, 0.05) is 17.5 Å². The summed E-state index contributed by atoms with van der Waals surface area (Å²) in [5.41, 5.74) is 3.75. The average molecular weight is 264 g/mol. The number of aromatic nitrogens is 1. The van der Waals surface area contributed by atoms with Crippen molar-refractivity contribution in [2.75, 3.05) is 0 Å². The van der Waals surface area contributed by atoms with Crippen molar-refractivity contribution in [2.24, 2.45) is 0 Å². The number of fused-ring (bicyclic) bond motifs is 1. The number of aryl methyl sites for hydroxylation is 3. The van der Waals surface area contributed by atoms with Crippen LogP contribution in [0.5, 0.6) is 0 Å². The van der Waals surface area contributed by atoms with Gasteiger partial charge in [0.15, 0.2) is 0 Å². The molecular weight excluding hydrogens is 250 g/mol. The Labute approximate surface area is 110 Å². The molecule has 0 saturated carbocycles. The molecule has 4 heteroatoms. The van der Waals surface area contributed by atoms with Gasteiger partial charge >= 0.3 is 5.97 Å². The highest BCUT2D eigenvalue weighted by Crippen LogP contribution is 2.29. The molecule has 1 N–H and O–H groups in total. The molecule has 1 aromatic carbocycles. The fourth-order valence-corrected chi connectivity index (χ4v) is 2.37. The minimum atomic E-state index is -0.804. The first-order valence-corrected chi connectivity index (χ1v) is 6.14. The number of carboxylic acids is 1. The topological polar surface area (TPSA) is 50.2 Å². The molecule has 1 heterocycles. The first-order valence-electron chi connectivity index (χ1n) is 5.76. The maximum atomic E-state index is 10.7. The van der Waals surface area contributed by atoms with Gasteiger partial charge in [-0.2, -0.15) is 0 Å². The van der Waals surface area contributed by atoms with Crippen LogP contribution in [0, 0.1) is 13.8 Å². The van der Waals surface area contributed by atoms with Crippen molar-refractivity contribution >= 4 is 28.5 Å². The lowest BCUT2D eigenvalue weighted by Crippen LogP contribution is -2.00. The Morgan fingerprint density at radius 1 is 1.39 bits per heavy atom. The zero-order valence-electron chi connectivity index (χ0n) is 10.3. The van der Waals surface area contributed by atoms with Gasteiger partial charge in [0.05, 0.1) is 10.5 Å². The second-order valence-corrected chi connectivity index (χ2v) is 4.81. The van der Waals surface area contributed by atoms with Gasteiger partial charge in [0.25, 0.3) is 0 Å². The molecule has 0 atom stereocenters. The molecular formula is C14H14ClNO2. The van der Waals surface area contributed by atoms with Crippen molar-refractivity contribution < 1.29 is 9.90 Å². The number of hydrogen-bond acceptors (Lipinski definition) is 2. The van der Waals surface area contributed by atoms with Crippen molar-refractivity contribution in [1.29, 1.82) is 0 Å². The van der Waals surface area contributed by atoms with Crippen LogP contribution in [0.15, 0.2) is 18.2 Å². The molecule has 0 unspecified atom stereocenters. The van der Waals surface area contributed by atoms with Crippen LogP contribution in [0.3, 0.4) is 0 Å². The number of aliphatic carboxylic acids is 1. The molecule has 0 aliphatic rings. The average Bonchev–Trinajstić information content (AvgIpc) is 2.30. The molecule has 0 bridgehead atoms. The van der Waals surface area contributed by atoms with Crippen LogP contribution in [-0.2, 0) is 11.2 Å². The van der Waals surface area contributed by atoms with Gasteiger partial charge in [-0.25, -0.2) is 0 Å². The third kappa shape index (κ3) is 2.46. The highest BCUT2D eigenvalue weighted by Gasteiger charge is 2.11. The smallest absolute Gasteiger partial charge is 0.303 e. The summed E-state index contributed by atoms with van der Waals surface area (Å²) in [5, 5.41) is 10.3. The fourth-order valence-electron chi connectivity index (χ4n) is 2.09. The van der Waals surface area contributed by atoms with E-state index in [1.54, 1.807) is 0 Å². The normalized spacial score (nSPS) is 10.8. The summed E-state index contributed by atoms with van der Waals surface area (Å²) in [4.78, 5) is 15.2. The van der Waals surface area contributed by atoms with Crippen molar-refractivity contribution in [3.05, 3.63) is 40.0 Å². The monoisotopic (exact) mass is 263 g/mol. The highest BCUT2D eigenvalue weighted by molar-refractivity contribution is 6.35. The van der Waals surface area contributed by atoms with E-state index in [2.05, 4.69) is 4.98 Å². The quantitative estimate of drug-likeness (QED) is 0.922. The summed E-state index contributed by atoms with van der Waals surface area (Å²) in [6.07, 6.45) is 0.571. The molecule has 0 fully saturated rings. The van der Waals surface area contributed by atoms with Crippen LogP contribution < -0.4 is 0 Å². The summed E-state index contributed by atoms with van der Waals surface area (Å²) >= 11 is 6.21. The second kappa shape index (κ2) is 4.94. The third-order valence-corrected chi connectivity index (χ3v) is 3.24. The Bertz CT molecular complexity index is 623. The van der Waals surface area contributed by atoms with E-state index in [1.807, 2.05) is 32.0 Å². The molecule has 0 aliphatic heterocycles. The van der Waals surface area contributed by atoms with Crippen LogP contribution in [0.1, 0.15) is 23.2 Å². The lowest BCUT2D eigenvalue weighted by molar-refractivity contribution is -0.136. The van der Waals surface area contributed by atoms with E-state index in [0.717, 1.165) is 27.7 Å². The number of halogens is 1. The van der Waals surface area contributed by atoms with Gasteiger partial charge in [-0.05, 0) is 43.5 Å². The van der Waals surface area contributed by atoms with Crippen molar-refractivity contribution in [3.8, 4) is 0 Å². The van der Waals surface area contributed by atoms with Gasteiger partial charge in [0.1, 0.15) is 0 Å². The number of carbonyl (C=O) groups is 1. The van der Waals surface area contributed by atoms with Gasteiger partial charge in [0.2, 0.25) is 0 Å². The van der Waals surface area contributed by atoms with E-state index in [0.29, 0.717) is 11.4 Å². The Morgan fingerprint density at radius 2 is 2.11 bits per heavy atom. The predicted molar refractivity (Wildman–Crippen MR) is 72.2 cm³/mol. The van der Waals surface area contributed by atoms with E-state index in [9.17, 15) is 4.79 Å². The zero-order chi connectivity index (χ0) is 13.3. The third-order valence-electron chi connectivity index (χ3n) is 2.93. The predicted octanol–water partition coefficient (Wildman–Crippen LogP) is 3.52. The minimum Gasteiger partial charge on any atom is -0.481 e. The molecule has 0 saturated heterocycles. The Balaban J connectivity index is 2.64. The SMILES string of the molecule is Cc1cc(CCC(=O)O)c2c(Cl)ccc(C)c2n1. The maximum absolute atomic E-state index is 10.7. The van der Waals surface area contributed by atoms with Crippen LogP contribution in [0.2, 0.25) is 5.02 Å². The minimum absolute atomic E-state index is 0.100. The maximum Gasteiger partial charge on any atom is 0.303 e. The molecule has 0 aliphatic carbocycles. The van der Waals surface area contributed by atoms with Gasteiger partial charge in [-0.15, -0.1) is 0 Å². The number of nitrogens with zero attached hydrogens (tertiary/aromatic N) is 1. The zero-order valence-corrected chi connectivity index (χ0v) is 11.1. The highest BCUT2D eigenvalue weighted by atomic mass is 35.5. The van der Waals surface area contributed by atoms with Crippen molar-refractivity contribution in [1.82, 2.24) is 4.98 Å². The van der Waals surface area contributed by atoms with E-state index < -0.39 is 5.97 Å². The van der Waals surface area contributed by atoms with Crippen LogP contribution in [0.4, 0.5) is 0 Å². The Morgan fingerprint density at radius 3 is 2.78 bits per heavy atom. The first-order chi connectivity index (χ1) is 8.49. The molecule has 0 radical (unpaired) electrons. The lowest BCUT2D eigenvalue weighted by Gasteiger charge is -2.10. The largest absolute Gasteiger partial charge is 0.481 e. The molecule has 0 spiro atoms. The molecule has 18 heavy (non-hydrogen) atoms. The van der Waals surface area contributed by atoms with Crippen LogP contribution >= 0.6 is 11.6 Å². The standard InChI is InChI=1S/C14H14ClNO2/c1-8-3-5-11(15)13-10(4-6-12(17)18)7-9(2)16-14(8)13/h3,5,7H,4,6H2,1-2H3,(H,17,18). The molecule has 2 rings (SSSR count). The lowest BCUT2D eigenvalue weighted by atomic mass is 10.0. The van der Waals surface area contributed by atoms with E-state index in [1.165, 1.54) is 0 Å². The molecule has 3 nitrogen and oxygen atoms in total.